The largest absolute Gasteiger partial charge is 0.398 e. The number of para-hydroxylation sites is 1. The lowest BCUT2D eigenvalue weighted by atomic mass is 10.1. The molecule has 144 valence electrons. The Morgan fingerprint density at radius 3 is 2.59 bits per heavy atom. The summed E-state index contributed by atoms with van der Waals surface area (Å²) in [6.45, 7) is 0.573. The highest BCUT2D eigenvalue weighted by atomic mass is 16.1. The van der Waals surface area contributed by atoms with Crippen molar-refractivity contribution in [2.24, 2.45) is 0 Å². The lowest BCUT2D eigenvalue weighted by Crippen LogP contribution is -2.42. The van der Waals surface area contributed by atoms with E-state index >= 15 is 0 Å². The number of aromatic nitrogens is 2. The van der Waals surface area contributed by atoms with E-state index in [1.807, 2.05) is 54.6 Å². The standard InChI is InChI=1S/C23H21N5O/c24-18-9-5-4-8-17(18)21(25)22-27-19-11-10-16(14-20(19)28-22)23(29)26-13-12-15-6-2-1-3-7-15/h1-11,14,25H,12-13,24H2,(H,26,29)(H,27,28)/p+1. The summed E-state index contributed by atoms with van der Waals surface area (Å²) in [5.41, 5.74) is 11.0. The summed E-state index contributed by atoms with van der Waals surface area (Å²) in [6, 6.07) is 22.8. The molecule has 1 aromatic heterocycles. The van der Waals surface area contributed by atoms with Gasteiger partial charge in [-0.3, -0.25) is 10.2 Å². The van der Waals surface area contributed by atoms with Crippen LogP contribution in [0.3, 0.4) is 0 Å². The van der Waals surface area contributed by atoms with E-state index in [0.29, 0.717) is 29.3 Å². The van der Waals surface area contributed by atoms with Crippen molar-refractivity contribution >= 4 is 28.3 Å². The van der Waals surface area contributed by atoms with Gasteiger partial charge < -0.3 is 16.0 Å². The first kappa shape index (κ1) is 18.4. The highest BCUT2D eigenvalue weighted by molar-refractivity contribution is 6.11. The van der Waals surface area contributed by atoms with Crippen LogP contribution in [0.1, 0.15) is 27.3 Å². The molecule has 3 aromatic carbocycles. The summed E-state index contributed by atoms with van der Waals surface area (Å²) >= 11 is 0. The topological polar surface area (TPSA) is 109 Å². The number of carbonyl (C=O) groups is 1. The van der Waals surface area contributed by atoms with Crippen LogP contribution in [0.5, 0.6) is 0 Å². The number of anilines is 1. The minimum absolute atomic E-state index is 0.122. The maximum absolute atomic E-state index is 12.5. The molecule has 6 nitrogen and oxygen atoms in total. The van der Waals surface area contributed by atoms with Crippen molar-refractivity contribution in [2.75, 3.05) is 12.3 Å². The monoisotopic (exact) mass is 384 g/mol. The van der Waals surface area contributed by atoms with E-state index < -0.39 is 0 Å². The number of nitrogens with zero attached hydrogens (tertiary/aromatic N) is 1. The smallest absolute Gasteiger partial charge is 0.251 e. The van der Waals surface area contributed by atoms with Gasteiger partial charge in [0.1, 0.15) is 0 Å². The summed E-state index contributed by atoms with van der Waals surface area (Å²) in [6.07, 6.45) is 0.785. The number of nitrogens with one attached hydrogen (secondary N) is 2. The highest BCUT2D eigenvalue weighted by Crippen LogP contribution is 2.18. The van der Waals surface area contributed by atoms with Crippen molar-refractivity contribution in [3.63, 3.8) is 0 Å². The van der Waals surface area contributed by atoms with Crippen LogP contribution in [0, 0.1) is 0 Å². The van der Waals surface area contributed by atoms with Crippen molar-refractivity contribution < 1.29 is 10.2 Å². The normalized spacial score (nSPS) is 10.8. The maximum Gasteiger partial charge on any atom is 0.251 e. The molecule has 0 aliphatic rings. The second-order valence-electron chi connectivity index (χ2n) is 6.81. The molecule has 1 amide bonds. The zero-order valence-electron chi connectivity index (χ0n) is 15.9. The van der Waals surface area contributed by atoms with Crippen molar-refractivity contribution in [1.29, 1.82) is 0 Å². The van der Waals surface area contributed by atoms with Crippen molar-refractivity contribution in [3.8, 4) is 0 Å². The number of amides is 1. The molecule has 0 saturated heterocycles. The van der Waals surface area contributed by atoms with Gasteiger partial charge in [0.2, 0.25) is 11.5 Å². The third-order valence-corrected chi connectivity index (χ3v) is 4.79. The number of aromatic amines is 1. The quantitative estimate of drug-likeness (QED) is 0.300. The Labute approximate surface area is 168 Å². The predicted octanol–water partition coefficient (Wildman–Crippen LogP) is 1.71. The molecule has 1 heterocycles. The van der Waals surface area contributed by atoms with Crippen LogP contribution in [0.2, 0.25) is 0 Å². The molecule has 0 radical (unpaired) electrons. The van der Waals surface area contributed by atoms with Crippen LogP contribution >= 0.6 is 0 Å². The zero-order valence-corrected chi connectivity index (χ0v) is 15.9. The van der Waals surface area contributed by atoms with Crippen molar-refractivity contribution in [2.45, 2.75) is 6.42 Å². The van der Waals surface area contributed by atoms with Gasteiger partial charge in [0.05, 0.1) is 16.6 Å². The fraction of sp³-hybridized carbons (Fsp3) is 0.0870. The minimum atomic E-state index is -0.122. The minimum Gasteiger partial charge on any atom is -0.398 e. The first-order valence-electron chi connectivity index (χ1n) is 9.41. The number of rotatable bonds is 6. The van der Waals surface area contributed by atoms with E-state index in [4.69, 9.17) is 11.1 Å². The summed E-state index contributed by atoms with van der Waals surface area (Å²) in [5.74, 6) is 0.405. The summed E-state index contributed by atoms with van der Waals surface area (Å²) in [7, 11) is 0. The third-order valence-electron chi connectivity index (χ3n) is 4.79. The second kappa shape index (κ2) is 7.98. The maximum atomic E-state index is 12.5. The van der Waals surface area contributed by atoms with E-state index in [9.17, 15) is 4.79 Å². The predicted molar refractivity (Wildman–Crippen MR) is 115 cm³/mol. The lowest BCUT2D eigenvalue weighted by molar-refractivity contribution is -0.112. The van der Waals surface area contributed by atoms with Crippen molar-refractivity contribution in [1.82, 2.24) is 15.3 Å². The van der Waals surface area contributed by atoms with E-state index in [2.05, 4.69) is 15.3 Å². The van der Waals surface area contributed by atoms with Gasteiger partial charge in [-0.1, -0.05) is 42.5 Å². The molecule has 0 spiro atoms. The van der Waals surface area contributed by atoms with Crippen LogP contribution in [0.15, 0.2) is 72.8 Å². The van der Waals surface area contributed by atoms with Gasteiger partial charge in [-0.25, -0.2) is 4.98 Å². The van der Waals surface area contributed by atoms with Gasteiger partial charge in [-0.05, 0) is 42.3 Å². The molecule has 0 fully saturated rings. The molecular formula is C23H22N5O+. The van der Waals surface area contributed by atoms with E-state index in [1.165, 1.54) is 5.56 Å². The Bertz CT molecular complexity index is 1180. The molecule has 4 rings (SSSR count). The molecule has 6 N–H and O–H groups in total. The summed E-state index contributed by atoms with van der Waals surface area (Å²) < 4.78 is 0. The van der Waals surface area contributed by atoms with E-state index in [1.54, 1.807) is 18.2 Å². The molecule has 0 bridgehead atoms. The number of hydrogen-bond acceptors (Lipinski definition) is 3. The third kappa shape index (κ3) is 4.01. The first-order chi connectivity index (χ1) is 14.1. The molecule has 0 aliphatic heterocycles. The van der Waals surface area contributed by atoms with Crippen LogP contribution in [-0.4, -0.2) is 28.1 Å². The van der Waals surface area contributed by atoms with Gasteiger partial charge in [-0.15, -0.1) is 0 Å². The molecule has 29 heavy (non-hydrogen) atoms. The average molecular weight is 384 g/mol. The Balaban J connectivity index is 1.48. The molecule has 4 aromatic rings. The average Bonchev–Trinajstić information content (AvgIpc) is 3.18. The summed E-state index contributed by atoms with van der Waals surface area (Å²) in [4.78, 5) is 20.2. The SMILES string of the molecule is Nc1ccccc1C(=[NH2+])c1nc2ccc(C(=O)NCCc3ccccc3)cc2[nH]1. The fourth-order valence-corrected chi connectivity index (χ4v) is 3.22. The summed E-state index contributed by atoms with van der Waals surface area (Å²) in [5, 5.41) is 9.22. The number of nitrogen functional groups attached to an aromatic ring is 1. The molecule has 0 unspecified atom stereocenters. The molecule has 0 saturated carbocycles. The van der Waals surface area contributed by atoms with Crippen molar-refractivity contribution in [3.05, 3.63) is 95.3 Å². The number of H-pyrrole nitrogens is 1. The van der Waals surface area contributed by atoms with Gasteiger partial charge in [0, 0.05) is 17.8 Å². The highest BCUT2D eigenvalue weighted by Gasteiger charge is 2.18. The van der Waals surface area contributed by atoms with Crippen LogP contribution in [-0.2, 0) is 6.42 Å². The number of hydrogen-bond donors (Lipinski definition) is 4. The van der Waals surface area contributed by atoms with E-state index in [-0.39, 0.29) is 5.91 Å². The number of nitrogens with two attached hydrogens (primary N) is 2. The number of fused-ring (bicyclic) bond motifs is 1. The van der Waals surface area contributed by atoms with Gasteiger partial charge in [0.15, 0.2) is 0 Å². The van der Waals surface area contributed by atoms with Crippen LogP contribution < -0.4 is 16.5 Å². The molecule has 6 heteroatoms. The Morgan fingerprint density at radius 2 is 1.79 bits per heavy atom. The second-order valence-corrected chi connectivity index (χ2v) is 6.81. The Morgan fingerprint density at radius 1 is 1.03 bits per heavy atom. The number of benzene rings is 3. The Kier molecular flexibility index (Phi) is 5.07. The van der Waals surface area contributed by atoms with Crippen LogP contribution in [0.25, 0.3) is 11.0 Å². The van der Waals surface area contributed by atoms with Gasteiger partial charge in [-0.2, -0.15) is 0 Å². The molecule has 0 aliphatic carbocycles. The van der Waals surface area contributed by atoms with E-state index in [0.717, 1.165) is 23.0 Å². The Hall–Kier alpha value is -3.93. The van der Waals surface area contributed by atoms with Crippen LogP contribution in [0.4, 0.5) is 5.69 Å². The zero-order chi connectivity index (χ0) is 20.2. The number of imidazole rings is 1. The molecule has 0 atom stereocenters. The first-order valence-corrected chi connectivity index (χ1v) is 9.41. The fourth-order valence-electron chi connectivity index (χ4n) is 3.22. The lowest BCUT2D eigenvalue weighted by Gasteiger charge is -2.05. The molecular weight excluding hydrogens is 362 g/mol. The van der Waals surface area contributed by atoms with Gasteiger partial charge >= 0.3 is 0 Å². The van der Waals surface area contributed by atoms with Gasteiger partial charge in [0.25, 0.3) is 5.91 Å². The number of carbonyl (C=O) groups excluding carboxylic acids is 1.